The van der Waals surface area contributed by atoms with E-state index in [1.807, 2.05) is 0 Å². The molecule has 2 aromatic carbocycles. The molecule has 0 saturated heterocycles. The van der Waals surface area contributed by atoms with Crippen molar-refractivity contribution in [1.29, 1.82) is 0 Å². The molecule has 5 rings (SSSR count). The Labute approximate surface area is 154 Å². The third kappa shape index (κ3) is 1.96. The number of Topliss-reactive ketones (excluding diaryl/α,β-unsaturated/α-hetero) is 1. The van der Waals surface area contributed by atoms with Crippen LogP contribution in [0.2, 0.25) is 0 Å². The highest BCUT2D eigenvalue weighted by Gasteiger charge is 2.70. The fourth-order valence-corrected chi connectivity index (χ4v) is 5.05. The molecule has 2 aliphatic carbocycles. The van der Waals surface area contributed by atoms with E-state index >= 15 is 0 Å². The quantitative estimate of drug-likeness (QED) is 0.732. The number of allylic oxidation sites excluding steroid dienone is 1. The van der Waals surface area contributed by atoms with Gasteiger partial charge in [0, 0.05) is 29.5 Å². The van der Waals surface area contributed by atoms with Gasteiger partial charge in [0.25, 0.3) is 0 Å². The highest BCUT2D eigenvalue weighted by molar-refractivity contribution is 5.99. The molecule has 0 aromatic heterocycles. The molecule has 3 aliphatic rings. The van der Waals surface area contributed by atoms with E-state index in [1.165, 1.54) is 22.3 Å². The highest BCUT2D eigenvalue weighted by atomic mass is 16.5. The van der Waals surface area contributed by atoms with Crippen molar-refractivity contribution >= 4 is 5.78 Å². The summed E-state index contributed by atoms with van der Waals surface area (Å²) in [5.41, 5.74) is 5.10. The van der Waals surface area contributed by atoms with Gasteiger partial charge in [0.15, 0.2) is 11.4 Å². The second-order valence-corrected chi connectivity index (χ2v) is 8.17. The van der Waals surface area contributed by atoms with Gasteiger partial charge in [-0.25, -0.2) is 0 Å². The largest absolute Gasteiger partial charge is 0.481 e. The zero-order chi connectivity index (χ0) is 17.9. The lowest BCUT2D eigenvalue weighted by Gasteiger charge is -2.37. The molecule has 132 valence electrons. The molecule has 2 nitrogen and oxygen atoms in total. The maximum Gasteiger partial charge on any atom is 0.168 e. The van der Waals surface area contributed by atoms with Crippen LogP contribution in [0.25, 0.3) is 0 Å². The Kier molecular flexibility index (Phi) is 3.25. The van der Waals surface area contributed by atoms with Crippen LogP contribution in [0.5, 0.6) is 0 Å². The monoisotopic (exact) mass is 344 g/mol. The summed E-state index contributed by atoms with van der Waals surface area (Å²) in [6.45, 7) is 4.22. The van der Waals surface area contributed by atoms with E-state index in [9.17, 15) is 4.79 Å². The van der Waals surface area contributed by atoms with Gasteiger partial charge in [-0.1, -0.05) is 59.7 Å². The Bertz CT molecular complexity index is 866. The van der Waals surface area contributed by atoms with Gasteiger partial charge in [0.05, 0.1) is 5.41 Å². The van der Waals surface area contributed by atoms with Crippen LogP contribution in [0.3, 0.4) is 0 Å². The average Bonchev–Trinajstić information content (AvgIpc) is 3.36. The molecule has 0 N–H and O–H groups in total. The summed E-state index contributed by atoms with van der Waals surface area (Å²) in [5.74, 6) is 1.27. The summed E-state index contributed by atoms with van der Waals surface area (Å²) >= 11 is 0. The van der Waals surface area contributed by atoms with Gasteiger partial charge in [-0.15, -0.1) is 0 Å². The summed E-state index contributed by atoms with van der Waals surface area (Å²) in [4.78, 5) is 12.9. The lowest BCUT2D eigenvalue weighted by molar-refractivity contribution is -0.116. The zero-order valence-electron chi connectivity index (χ0n) is 15.5. The first-order valence-electron chi connectivity index (χ1n) is 9.67. The SMILES string of the molecule is Cc1ccc(C2(c3ccc(C)cc3)OC3=C(C(=O)CCC3)C23CC3)cc1. The van der Waals surface area contributed by atoms with Gasteiger partial charge >= 0.3 is 0 Å². The number of carbonyl (C=O) groups is 1. The standard InChI is InChI=1S/C24H24O2/c1-16-6-10-18(11-7-16)24(19-12-8-17(2)9-13-19)23(14-15-23)22-20(25)4-3-5-21(22)26-24/h6-13H,3-5,14-15H2,1-2H3. The van der Waals surface area contributed by atoms with E-state index in [0.29, 0.717) is 12.2 Å². The van der Waals surface area contributed by atoms with Crippen molar-refractivity contribution in [1.82, 2.24) is 0 Å². The molecule has 1 spiro atoms. The Morgan fingerprint density at radius 3 is 1.85 bits per heavy atom. The maximum absolute atomic E-state index is 12.9. The van der Waals surface area contributed by atoms with E-state index in [2.05, 4.69) is 62.4 Å². The molecule has 1 saturated carbocycles. The van der Waals surface area contributed by atoms with Gasteiger partial charge in [0.2, 0.25) is 0 Å². The number of carbonyl (C=O) groups excluding carboxylic acids is 1. The van der Waals surface area contributed by atoms with Crippen LogP contribution >= 0.6 is 0 Å². The molecule has 1 fully saturated rings. The van der Waals surface area contributed by atoms with Crippen molar-refractivity contribution in [2.24, 2.45) is 5.41 Å². The van der Waals surface area contributed by atoms with Gasteiger partial charge in [-0.05, 0) is 33.1 Å². The second-order valence-electron chi connectivity index (χ2n) is 8.17. The number of hydrogen-bond acceptors (Lipinski definition) is 2. The number of hydrogen-bond donors (Lipinski definition) is 0. The topological polar surface area (TPSA) is 26.3 Å². The molecule has 26 heavy (non-hydrogen) atoms. The molecule has 2 heteroatoms. The van der Waals surface area contributed by atoms with Gasteiger partial charge in [0.1, 0.15) is 5.76 Å². The second kappa shape index (κ2) is 5.33. The maximum atomic E-state index is 12.9. The molecule has 0 atom stereocenters. The average molecular weight is 344 g/mol. The summed E-state index contributed by atoms with van der Waals surface area (Å²) in [6, 6.07) is 17.4. The van der Waals surface area contributed by atoms with Crippen LogP contribution in [-0.4, -0.2) is 5.78 Å². The van der Waals surface area contributed by atoms with E-state index in [0.717, 1.165) is 37.0 Å². The highest BCUT2D eigenvalue weighted by Crippen LogP contribution is 2.72. The molecule has 0 radical (unpaired) electrons. The minimum atomic E-state index is -0.556. The number of aryl methyl sites for hydroxylation is 2. The molecule has 1 aliphatic heterocycles. The van der Waals surface area contributed by atoms with Crippen LogP contribution in [-0.2, 0) is 15.1 Å². The smallest absolute Gasteiger partial charge is 0.168 e. The minimum absolute atomic E-state index is 0.176. The van der Waals surface area contributed by atoms with Gasteiger partial charge < -0.3 is 4.74 Å². The van der Waals surface area contributed by atoms with Gasteiger partial charge in [-0.3, -0.25) is 4.79 Å². The van der Waals surface area contributed by atoms with Crippen molar-refractivity contribution in [3.8, 4) is 0 Å². The molecule has 2 aromatic rings. The number of fused-ring (bicyclic) bond motifs is 1. The first-order chi connectivity index (χ1) is 12.6. The first kappa shape index (κ1) is 15.9. The van der Waals surface area contributed by atoms with E-state index in [1.54, 1.807) is 0 Å². The number of ketones is 1. The third-order valence-electron chi connectivity index (χ3n) is 6.46. The normalized spacial score (nSPS) is 22.3. The Morgan fingerprint density at radius 2 is 1.35 bits per heavy atom. The van der Waals surface area contributed by atoms with Crippen LogP contribution in [0.15, 0.2) is 59.9 Å². The number of rotatable bonds is 2. The minimum Gasteiger partial charge on any atom is -0.481 e. The molecular weight excluding hydrogens is 320 g/mol. The van der Waals surface area contributed by atoms with Crippen LogP contribution < -0.4 is 0 Å². The molecule has 0 bridgehead atoms. The van der Waals surface area contributed by atoms with Crippen molar-refractivity contribution in [2.75, 3.05) is 0 Å². The fraction of sp³-hybridized carbons (Fsp3) is 0.375. The van der Waals surface area contributed by atoms with Gasteiger partial charge in [-0.2, -0.15) is 0 Å². The summed E-state index contributed by atoms with van der Waals surface area (Å²) in [5, 5.41) is 0. The van der Waals surface area contributed by atoms with E-state index < -0.39 is 5.60 Å². The van der Waals surface area contributed by atoms with Crippen molar-refractivity contribution < 1.29 is 9.53 Å². The predicted molar refractivity (Wildman–Crippen MR) is 102 cm³/mol. The van der Waals surface area contributed by atoms with Crippen molar-refractivity contribution in [2.45, 2.75) is 51.6 Å². The van der Waals surface area contributed by atoms with Crippen LogP contribution in [0.4, 0.5) is 0 Å². The molecular formula is C24H24O2. The third-order valence-corrected chi connectivity index (χ3v) is 6.46. The Hall–Kier alpha value is -2.35. The summed E-state index contributed by atoms with van der Waals surface area (Å²) in [7, 11) is 0. The predicted octanol–water partition coefficient (Wildman–Crippen LogP) is 5.36. The first-order valence-corrected chi connectivity index (χ1v) is 9.67. The molecule has 0 unspecified atom stereocenters. The number of benzene rings is 2. The fourth-order valence-electron chi connectivity index (χ4n) is 5.05. The summed E-state index contributed by atoms with van der Waals surface area (Å²) in [6.07, 6.45) is 4.52. The lowest BCUT2D eigenvalue weighted by Crippen LogP contribution is -2.38. The molecule has 0 amide bonds. The van der Waals surface area contributed by atoms with E-state index in [-0.39, 0.29) is 5.41 Å². The summed E-state index contributed by atoms with van der Waals surface area (Å²) < 4.78 is 6.81. The van der Waals surface area contributed by atoms with Crippen molar-refractivity contribution in [3.05, 3.63) is 82.1 Å². The van der Waals surface area contributed by atoms with Crippen LogP contribution in [0.1, 0.15) is 54.4 Å². The lowest BCUT2D eigenvalue weighted by atomic mass is 9.69. The van der Waals surface area contributed by atoms with E-state index in [4.69, 9.17) is 4.74 Å². The zero-order valence-corrected chi connectivity index (χ0v) is 15.5. The van der Waals surface area contributed by atoms with Crippen LogP contribution in [0, 0.1) is 19.3 Å². The number of ether oxygens (including phenoxy) is 1. The molecule has 1 heterocycles. The Morgan fingerprint density at radius 1 is 0.808 bits per heavy atom. The van der Waals surface area contributed by atoms with Crippen molar-refractivity contribution in [3.63, 3.8) is 0 Å². The Balaban J connectivity index is 1.76.